The fourth-order valence-corrected chi connectivity index (χ4v) is 1.94. The lowest BCUT2D eigenvalue weighted by Gasteiger charge is -2.16. The molecule has 0 aromatic carbocycles. The summed E-state index contributed by atoms with van der Waals surface area (Å²) in [5, 5.41) is 12.4. The molecule has 1 aromatic heterocycles. The van der Waals surface area contributed by atoms with Crippen molar-refractivity contribution in [2.45, 2.75) is 18.9 Å². The molecule has 0 amide bonds. The van der Waals surface area contributed by atoms with Gasteiger partial charge in [0.15, 0.2) is 0 Å². The molecule has 1 aliphatic rings. The van der Waals surface area contributed by atoms with E-state index in [9.17, 15) is 4.79 Å². The highest BCUT2D eigenvalue weighted by Crippen LogP contribution is 2.24. The second-order valence-corrected chi connectivity index (χ2v) is 4.86. The Bertz CT molecular complexity index is 449. The molecule has 98 valence electrons. The van der Waals surface area contributed by atoms with Gasteiger partial charge in [0.25, 0.3) is 0 Å². The fraction of sp³-hybridized carbons (Fsp3) is 0.500. The third-order valence-electron chi connectivity index (χ3n) is 3.02. The smallest absolute Gasteiger partial charge is 0.339 e. The first-order chi connectivity index (χ1) is 8.58. The van der Waals surface area contributed by atoms with Gasteiger partial charge in [-0.2, -0.15) is 0 Å². The minimum atomic E-state index is -1.00. The first-order valence-electron chi connectivity index (χ1n) is 5.92. The highest BCUT2D eigenvalue weighted by atomic mass is 35.5. The number of halogens is 1. The van der Waals surface area contributed by atoms with E-state index in [1.807, 2.05) is 0 Å². The maximum Gasteiger partial charge on any atom is 0.339 e. The second kappa shape index (κ2) is 5.54. The van der Waals surface area contributed by atoms with E-state index in [0.29, 0.717) is 18.4 Å². The average Bonchev–Trinajstić information content (AvgIpc) is 3.12. The van der Waals surface area contributed by atoms with Gasteiger partial charge in [0.05, 0.1) is 0 Å². The molecule has 1 fully saturated rings. The summed E-state index contributed by atoms with van der Waals surface area (Å²) in [7, 11) is 2.07. The lowest BCUT2D eigenvalue weighted by Crippen LogP contribution is -2.27. The molecule has 2 rings (SSSR count). The summed E-state index contributed by atoms with van der Waals surface area (Å²) in [5.74, 6) is -0.670. The molecular formula is C12H16ClN3O2. The number of pyridine rings is 1. The van der Waals surface area contributed by atoms with Crippen LogP contribution in [0.2, 0.25) is 5.15 Å². The zero-order valence-electron chi connectivity index (χ0n) is 10.2. The standard InChI is InChI=1S/C12H16ClN3O2/c1-16(8-2-3-8)7-6-14-11-9(12(17)18)4-5-10(13)15-11/h4-5,8H,2-3,6-7H2,1H3,(H,14,15)(H,17,18). The summed E-state index contributed by atoms with van der Waals surface area (Å²) in [5.41, 5.74) is 0.147. The maximum absolute atomic E-state index is 11.0. The summed E-state index contributed by atoms with van der Waals surface area (Å²) in [6.45, 7) is 1.51. The van der Waals surface area contributed by atoms with Crippen LogP contribution >= 0.6 is 11.6 Å². The average molecular weight is 270 g/mol. The van der Waals surface area contributed by atoms with Crippen LogP contribution in [0.3, 0.4) is 0 Å². The lowest BCUT2D eigenvalue weighted by atomic mass is 10.2. The van der Waals surface area contributed by atoms with Crippen molar-refractivity contribution < 1.29 is 9.90 Å². The molecule has 0 aliphatic heterocycles. The molecule has 1 aliphatic carbocycles. The van der Waals surface area contributed by atoms with Gasteiger partial charge >= 0.3 is 5.97 Å². The molecule has 1 aromatic rings. The van der Waals surface area contributed by atoms with Crippen LogP contribution in [0.25, 0.3) is 0 Å². The maximum atomic E-state index is 11.0. The Morgan fingerprint density at radius 2 is 2.33 bits per heavy atom. The highest BCUT2D eigenvalue weighted by molar-refractivity contribution is 6.29. The summed E-state index contributed by atoms with van der Waals surface area (Å²) < 4.78 is 0. The summed E-state index contributed by atoms with van der Waals surface area (Å²) in [6.07, 6.45) is 2.51. The number of nitrogens with zero attached hydrogens (tertiary/aromatic N) is 2. The van der Waals surface area contributed by atoms with E-state index < -0.39 is 5.97 Å². The Balaban J connectivity index is 1.94. The Morgan fingerprint density at radius 1 is 1.61 bits per heavy atom. The van der Waals surface area contributed by atoms with Crippen LogP contribution in [0.1, 0.15) is 23.2 Å². The number of carbonyl (C=O) groups is 1. The molecule has 0 unspecified atom stereocenters. The van der Waals surface area contributed by atoms with Crippen LogP contribution in [0.5, 0.6) is 0 Å². The van der Waals surface area contributed by atoms with Gasteiger partial charge in [-0.05, 0) is 32.0 Å². The van der Waals surface area contributed by atoms with Crippen LogP contribution < -0.4 is 5.32 Å². The van der Waals surface area contributed by atoms with Gasteiger partial charge in [-0.25, -0.2) is 9.78 Å². The van der Waals surface area contributed by atoms with Gasteiger partial charge in [-0.1, -0.05) is 11.6 Å². The van der Waals surface area contributed by atoms with Gasteiger partial charge in [-0.3, -0.25) is 0 Å². The summed E-state index contributed by atoms with van der Waals surface area (Å²) in [4.78, 5) is 17.3. The third-order valence-corrected chi connectivity index (χ3v) is 3.23. The highest BCUT2D eigenvalue weighted by Gasteiger charge is 2.25. The van der Waals surface area contributed by atoms with E-state index in [2.05, 4.69) is 22.2 Å². The van der Waals surface area contributed by atoms with Gasteiger partial charge in [0, 0.05) is 19.1 Å². The molecule has 1 saturated carbocycles. The number of hydrogen-bond donors (Lipinski definition) is 2. The number of nitrogens with one attached hydrogen (secondary N) is 1. The number of likely N-dealkylation sites (N-methyl/N-ethyl adjacent to an activating group) is 1. The molecule has 0 radical (unpaired) electrons. The Hall–Kier alpha value is -1.33. The topological polar surface area (TPSA) is 65.5 Å². The zero-order chi connectivity index (χ0) is 13.1. The van der Waals surface area contributed by atoms with Crippen LogP contribution in [0.15, 0.2) is 12.1 Å². The number of carboxylic acid groups (broad SMARTS) is 1. The van der Waals surface area contributed by atoms with Crippen molar-refractivity contribution in [2.24, 2.45) is 0 Å². The molecule has 2 N–H and O–H groups in total. The van der Waals surface area contributed by atoms with Gasteiger partial charge in [0.1, 0.15) is 16.5 Å². The van der Waals surface area contributed by atoms with E-state index in [4.69, 9.17) is 16.7 Å². The van der Waals surface area contributed by atoms with E-state index in [1.165, 1.54) is 25.0 Å². The first kappa shape index (κ1) is 13.1. The van der Waals surface area contributed by atoms with Crippen LogP contribution in [0.4, 0.5) is 5.82 Å². The van der Waals surface area contributed by atoms with Crippen molar-refractivity contribution in [2.75, 3.05) is 25.5 Å². The van der Waals surface area contributed by atoms with Gasteiger partial charge in [-0.15, -0.1) is 0 Å². The number of hydrogen-bond acceptors (Lipinski definition) is 4. The number of anilines is 1. The minimum absolute atomic E-state index is 0.147. The summed E-state index contributed by atoms with van der Waals surface area (Å²) >= 11 is 5.77. The van der Waals surface area contributed by atoms with E-state index >= 15 is 0 Å². The molecule has 6 heteroatoms. The summed E-state index contributed by atoms with van der Waals surface area (Å²) in [6, 6.07) is 3.63. The molecule has 0 bridgehead atoms. The Labute approximate surface area is 111 Å². The van der Waals surface area contributed by atoms with Gasteiger partial charge in [0.2, 0.25) is 0 Å². The normalized spacial score (nSPS) is 14.8. The van der Waals surface area contributed by atoms with Crippen LogP contribution in [-0.4, -0.2) is 47.1 Å². The van der Waals surface area contributed by atoms with E-state index in [1.54, 1.807) is 0 Å². The molecule has 1 heterocycles. The Kier molecular flexibility index (Phi) is 4.04. The predicted octanol–water partition coefficient (Wildman–Crippen LogP) is 1.94. The fourth-order valence-electron chi connectivity index (χ4n) is 1.79. The second-order valence-electron chi connectivity index (χ2n) is 4.47. The molecular weight excluding hydrogens is 254 g/mol. The number of rotatable bonds is 6. The van der Waals surface area contributed by atoms with Crippen molar-refractivity contribution in [1.82, 2.24) is 9.88 Å². The molecule has 18 heavy (non-hydrogen) atoms. The SMILES string of the molecule is CN(CCNc1nc(Cl)ccc1C(=O)O)C1CC1. The molecule has 0 atom stereocenters. The van der Waals surface area contributed by atoms with Crippen molar-refractivity contribution in [3.8, 4) is 0 Å². The predicted molar refractivity (Wildman–Crippen MR) is 70.3 cm³/mol. The van der Waals surface area contributed by atoms with Crippen LogP contribution in [0, 0.1) is 0 Å². The zero-order valence-corrected chi connectivity index (χ0v) is 10.9. The lowest BCUT2D eigenvalue weighted by molar-refractivity contribution is 0.0697. The Morgan fingerprint density at radius 3 is 2.94 bits per heavy atom. The molecule has 5 nitrogen and oxygen atoms in total. The minimum Gasteiger partial charge on any atom is -0.478 e. The van der Waals surface area contributed by atoms with Gasteiger partial charge < -0.3 is 15.3 Å². The van der Waals surface area contributed by atoms with Crippen LogP contribution in [-0.2, 0) is 0 Å². The number of aromatic nitrogens is 1. The first-order valence-corrected chi connectivity index (χ1v) is 6.29. The number of aromatic carboxylic acids is 1. The monoisotopic (exact) mass is 269 g/mol. The molecule has 0 spiro atoms. The van der Waals surface area contributed by atoms with Crippen molar-refractivity contribution in [3.63, 3.8) is 0 Å². The quantitative estimate of drug-likeness (QED) is 0.773. The van der Waals surface area contributed by atoms with E-state index in [-0.39, 0.29) is 10.7 Å². The van der Waals surface area contributed by atoms with E-state index in [0.717, 1.165) is 6.54 Å². The van der Waals surface area contributed by atoms with Crippen molar-refractivity contribution >= 4 is 23.4 Å². The largest absolute Gasteiger partial charge is 0.478 e. The third kappa shape index (κ3) is 3.34. The molecule has 0 saturated heterocycles. The van der Waals surface area contributed by atoms with Crippen molar-refractivity contribution in [1.29, 1.82) is 0 Å². The van der Waals surface area contributed by atoms with Crippen molar-refractivity contribution in [3.05, 3.63) is 22.8 Å². The number of carboxylic acids is 1.